The zero-order valence-corrected chi connectivity index (χ0v) is 16.4. The minimum atomic E-state index is -0.238. The van der Waals surface area contributed by atoms with Crippen molar-refractivity contribution in [3.05, 3.63) is 46.9 Å². The predicted octanol–water partition coefficient (Wildman–Crippen LogP) is 2.98. The van der Waals surface area contributed by atoms with Crippen molar-refractivity contribution in [3.63, 3.8) is 0 Å². The summed E-state index contributed by atoms with van der Waals surface area (Å²) in [5.41, 5.74) is 0. The standard InChI is InChI=1S/2C5H9O.C5H5.C2H5.Hf/c2*1-2-3-4-5-6;1-2-4-5-3-1;1-2;/h2*2H,1,3-5H2;1-3H,4H2;1H2,2H3;/q2*-1;;;+2. The van der Waals surface area contributed by atoms with Gasteiger partial charge >= 0.3 is 62.0 Å². The zero-order chi connectivity index (χ0) is 15.5. The molecule has 0 aromatic heterocycles. The molecular weight excluding hydrogens is 415 g/mol. The molecule has 112 valence electrons. The fraction of sp³-hybridized carbons (Fsp3) is 0.529. The fourth-order valence-electron chi connectivity index (χ4n) is 1.26. The van der Waals surface area contributed by atoms with E-state index >= 15 is 0 Å². The third-order valence-electron chi connectivity index (χ3n) is 2.28. The summed E-state index contributed by atoms with van der Waals surface area (Å²) in [6.07, 6.45) is 14.8. The van der Waals surface area contributed by atoms with Crippen molar-refractivity contribution in [1.82, 2.24) is 0 Å². The first-order valence-electron chi connectivity index (χ1n) is 7.24. The summed E-state index contributed by atoms with van der Waals surface area (Å²) < 4.78 is 3.26. The van der Waals surface area contributed by atoms with Crippen molar-refractivity contribution in [3.8, 4) is 0 Å². The second-order valence-electron chi connectivity index (χ2n) is 4.12. The van der Waals surface area contributed by atoms with Crippen LogP contribution in [-0.4, -0.2) is 13.2 Å². The molecule has 0 radical (unpaired) electrons. The normalized spacial score (nSPS) is 11.2. The Morgan fingerprint density at radius 1 is 1.15 bits per heavy atom. The Labute approximate surface area is 136 Å². The molecule has 0 bridgehead atoms. The summed E-state index contributed by atoms with van der Waals surface area (Å²) >= 11 is -0.238. The summed E-state index contributed by atoms with van der Waals surface area (Å²) in [5, 5.41) is 19.3. The topological polar surface area (TPSA) is 46.1 Å². The van der Waals surface area contributed by atoms with Gasteiger partial charge in [-0.15, -0.1) is 26.4 Å². The Morgan fingerprint density at radius 3 is 1.95 bits per heavy atom. The van der Waals surface area contributed by atoms with Crippen LogP contribution < -0.4 is 10.2 Å². The summed E-state index contributed by atoms with van der Waals surface area (Å²) in [5.74, 6) is 0. The van der Waals surface area contributed by atoms with Crippen molar-refractivity contribution in [1.29, 1.82) is 0 Å². The Kier molecular flexibility index (Phi) is 23.2. The molecule has 0 fully saturated rings. The van der Waals surface area contributed by atoms with Gasteiger partial charge in [0.1, 0.15) is 0 Å². The molecule has 20 heavy (non-hydrogen) atoms. The van der Waals surface area contributed by atoms with Gasteiger partial charge in [0.25, 0.3) is 0 Å². The van der Waals surface area contributed by atoms with Crippen LogP contribution >= 0.6 is 0 Å². The summed E-state index contributed by atoms with van der Waals surface area (Å²) in [7, 11) is 0. The third kappa shape index (κ3) is 20.1. The van der Waals surface area contributed by atoms with Crippen LogP contribution in [0.3, 0.4) is 0 Å². The summed E-state index contributed by atoms with van der Waals surface area (Å²) in [6, 6.07) is 0. The number of unbranched alkanes of at least 4 members (excludes halogenated alkanes) is 2. The van der Waals surface area contributed by atoms with E-state index in [1.54, 1.807) is 15.5 Å². The molecule has 0 saturated heterocycles. The molecule has 2 nitrogen and oxygen atoms in total. The number of hydrogen-bond donors (Lipinski definition) is 0. The second-order valence-corrected chi connectivity index (χ2v) is 10.2. The van der Waals surface area contributed by atoms with E-state index in [4.69, 9.17) is 0 Å². The molecule has 0 N–H and O–H groups in total. The number of rotatable bonds is 8. The van der Waals surface area contributed by atoms with Gasteiger partial charge in [0.05, 0.1) is 0 Å². The molecule has 0 aliphatic heterocycles. The van der Waals surface area contributed by atoms with Gasteiger partial charge in [-0.25, -0.2) is 0 Å². The van der Waals surface area contributed by atoms with E-state index in [2.05, 4.69) is 38.3 Å². The van der Waals surface area contributed by atoms with Gasteiger partial charge in [0.15, 0.2) is 0 Å². The first-order chi connectivity index (χ1) is 9.76. The van der Waals surface area contributed by atoms with E-state index in [0.717, 1.165) is 25.7 Å². The van der Waals surface area contributed by atoms with Gasteiger partial charge in [-0.2, -0.15) is 0 Å². The van der Waals surface area contributed by atoms with Gasteiger partial charge in [-0.1, -0.05) is 25.0 Å². The molecule has 0 heterocycles. The molecular formula is C17H28HfO2. The Bertz CT molecular complexity index is 258. The average Bonchev–Trinajstić information content (AvgIpc) is 2.98. The fourth-order valence-corrected chi connectivity index (χ4v) is 4.60. The molecule has 0 atom stereocenters. The van der Waals surface area contributed by atoms with E-state index in [1.807, 2.05) is 0 Å². The Morgan fingerprint density at radius 2 is 1.70 bits per heavy atom. The Balaban J connectivity index is 0. The molecule has 1 rings (SSSR count). The predicted molar refractivity (Wildman–Crippen MR) is 80.9 cm³/mol. The summed E-state index contributed by atoms with van der Waals surface area (Å²) in [4.78, 5) is 0. The van der Waals surface area contributed by atoms with Crippen LogP contribution in [0.15, 0.2) is 46.9 Å². The van der Waals surface area contributed by atoms with Crippen LogP contribution in [-0.2, 0) is 22.9 Å². The average molecular weight is 443 g/mol. The van der Waals surface area contributed by atoms with Crippen LogP contribution in [0.4, 0.5) is 0 Å². The summed E-state index contributed by atoms with van der Waals surface area (Å²) in [6.45, 7) is 9.29. The molecule has 0 aromatic rings. The van der Waals surface area contributed by atoms with Crippen molar-refractivity contribution >= 4 is 0 Å². The van der Waals surface area contributed by atoms with Crippen LogP contribution in [0.25, 0.3) is 0 Å². The SMILES string of the molecule is C=CCCC[O-].C=CCCC[O-].C[CH2][Hf+2][C]1=CC=CC1. The van der Waals surface area contributed by atoms with E-state index in [-0.39, 0.29) is 36.1 Å². The van der Waals surface area contributed by atoms with Crippen molar-refractivity contribution in [2.75, 3.05) is 13.2 Å². The second kappa shape index (κ2) is 21.1. The van der Waals surface area contributed by atoms with Gasteiger partial charge in [-0.3, -0.25) is 0 Å². The van der Waals surface area contributed by atoms with Crippen molar-refractivity contribution in [2.45, 2.75) is 43.2 Å². The quantitative estimate of drug-likeness (QED) is 0.329. The maximum atomic E-state index is 9.64. The first kappa shape index (κ1) is 22.0. The first-order valence-corrected chi connectivity index (χ1v) is 11.6. The van der Waals surface area contributed by atoms with E-state index < -0.39 is 0 Å². The van der Waals surface area contributed by atoms with Gasteiger partial charge in [0, 0.05) is 0 Å². The van der Waals surface area contributed by atoms with Crippen LogP contribution in [0.5, 0.6) is 0 Å². The molecule has 1 aliphatic carbocycles. The molecule has 3 heteroatoms. The molecule has 1 aliphatic rings. The van der Waals surface area contributed by atoms with E-state index in [9.17, 15) is 10.2 Å². The zero-order valence-electron chi connectivity index (χ0n) is 12.8. The molecule has 0 aromatic carbocycles. The minimum absolute atomic E-state index is 0.0337. The van der Waals surface area contributed by atoms with Crippen LogP contribution in [0.1, 0.15) is 39.0 Å². The molecule has 0 unspecified atom stereocenters. The monoisotopic (exact) mass is 444 g/mol. The number of hydrogen-bond acceptors (Lipinski definition) is 2. The van der Waals surface area contributed by atoms with Crippen molar-refractivity contribution < 1.29 is 33.1 Å². The van der Waals surface area contributed by atoms with Gasteiger partial charge in [-0.05, 0) is 12.8 Å². The van der Waals surface area contributed by atoms with Crippen LogP contribution in [0.2, 0.25) is 4.18 Å². The van der Waals surface area contributed by atoms with E-state index in [1.165, 1.54) is 10.6 Å². The molecule has 0 spiro atoms. The Hall–Kier alpha value is -0.250. The number of allylic oxidation sites excluding steroid dienone is 6. The van der Waals surface area contributed by atoms with Crippen LogP contribution in [0, 0.1) is 0 Å². The van der Waals surface area contributed by atoms with E-state index in [0.29, 0.717) is 0 Å². The molecule has 0 saturated carbocycles. The van der Waals surface area contributed by atoms with Gasteiger partial charge < -0.3 is 10.2 Å². The molecule has 0 amide bonds. The third-order valence-corrected chi connectivity index (χ3v) is 6.51. The van der Waals surface area contributed by atoms with Gasteiger partial charge in [0.2, 0.25) is 0 Å². The van der Waals surface area contributed by atoms with Crippen molar-refractivity contribution in [2.24, 2.45) is 0 Å². The maximum absolute atomic E-state index is 9.64.